The topological polar surface area (TPSA) is 87.1 Å². The van der Waals surface area contributed by atoms with Gasteiger partial charge in [0.1, 0.15) is 17.3 Å². The van der Waals surface area contributed by atoms with Gasteiger partial charge in [-0.05, 0) is 73.7 Å². The number of aromatic hydroxyl groups is 1. The quantitative estimate of drug-likeness (QED) is 0.301. The molecule has 1 atom stereocenters. The van der Waals surface area contributed by atoms with Gasteiger partial charge in [0.2, 0.25) is 0 Å². The summed E-state index contributed by atoms with van der Waals surface area (Å²) in [6.45, 7) is 7.88. The predicted molar refractivity (Wildman–Crippen MR) is 134 cm³/mol. The number of hydrogen-bond donors (Lipinski definition) is 2. The number of ether oxygens (including phenoxy) is 1. The molecular formula is C29H29NO5. The number of benzene rings is 3. The van der Waals surface area contributed by atoms with Gasteiger partial charge in [-0.2, -0.15) is 0 Å². The summed E-state index contributed by atoms with van der Waals surface area (Å²) in [5, 5.41) is 21.3. The van der Waals surface area contributed by atoms with Gasteiger partial charge in [-0.15, -0.1) is 0 Å². The Morgan fingerprint density at radius 3 is 2.26 bits per heavy atom. The maximum Gasteiger partial charge on any atom is 0.295 e. The van der Waals surface area contributed by atoms with Gasteiger partial charge in [-0.25, -0.2) is 0 Å². The highest BCUT2D eigenvalue weighted by atomic mass is 16.5. The summed E-state index contributed by atoms with van der Waals surface area (Å²) in [5.74, 6) is -1.22. The number of aryl methyl sites for hydroxylation is 4. The Morgan fingerprint density at radius 1 is 0.914 bits per heavy atom. The van der Waals surface area contributed by atoms with Gasteiger partial charge < -0.3 is 19.8 Å². The van der Waals surface area contributed by atoms with Crippen LogP contribution in [-0.2, 0) is 16.1 Å². The van der Waals surface area contributed by atoms with Crippen molar-refractivity contribution in [3.8, 4) is 11.5 Å². The van der Waals surface area contributed by atoms with E-state index in [9.17, 15) is 19.8 Å². The second kappa shape index (κ2) is 9.29. The van der Waals surface area contributed by atoms with Crippen molar-refractivity contribution in [1.29, 1.82) is 0 Å². The lowest BCUT2D eigenvalue weighted by molar-refractivity contribution is -0.140. The van der Waals surface area contributed by atoms with Crippen molar-refractivity contribution in [2.75, 3.05) is 7.11 Å². The molecule has 0 spiro atoms. The Morgan fingerprint density at radius 2 is 1.60 bits per heavy atom. The first-order chi connectivity index (χ1) is 16.6. The molecule has 0 radical (unpaired) electrons. The summed E-state index contributed by atoms with van der Waals surface area (Å²) in [7, 11) is 1.50. The van der Waals surface area contributed by atoms with Gasteiger partial charge in [-0.3, -0.25) is 9.59 Å². The van der Waals surface area contributed by atoms with Crippen LogP contribution in [0.3, 0.4) is 0 Å². The van der Waals surface area contributed by atoms with Gasteiger partial charge in [-0.1, -0.05) is 42.0 Å². The fourth-order valence-electron chi connectivity index (χ4n) is 4.75. The van der Waals surface area contributed by atoms with Crippen LogP contribution in [0.5, 0.6) is 11.5 Å². The average Bonchev–Trinajstić information content (AvgIpc) is 3.06. The number of aliphatic hydroxyl groups is 1. The van der Waals surface area contributed by atoms with E-state index in [-0.39, 0.29) is 23.6 Å². The van der Waals surface area contributed by atoms with E-state index in [1.54, 1.807) is 18.2 Å². The summed E-state index contributed by atoms with van der Waals surface area (Å²) >= 11 is 0. The van der Waals surface area contributed by atoms with Crippen LogP contribution in [-0.4, -0.2) is 33.9 Å². The van der Waals surface area contributed by atoms with Crippen LogP contribution in [0.4, 0.5) is 0 Å². The van der Waals surface area contributed by atoms with Crippen LogP contribution in [0.2, 0.25) is 0 Å². The molecule has 0 aliphatic carbocycles. The molecule has 3 aromatic carbocycles. The summed E-state index contributed by atoms with van der Waals surface area (Å²) in [5.41, 5.74) is 5.61. The molecule has 1 saturated heterocycles. The van der Waals surface area contributed by atoms with Crippen molar-refractivity contribution in [1.82, 2.24) is 4.90 Å². The fraction of sp³-hybridized carbons (Fsp3) is 0.241. The fourth-order valence-corrected chi connectivity index (χ4v) is 4.75. The average molecular weight is 472 g/mol. The zero-order valence-corrected chi connectivity index (χ0v) is 20.5. The molecule has 1 aliphatic heterocycles. The number of carbonyl (C=O) groups excluding carboxylic acids is 2. The molecule has 3 aromatic rings. The number of phenolic OH excluding ortho intramolecular Hbond substituents is 1. The predicted octanol–water partition coefficient (Wildman–Crippen LogP) is 5.26. The van der Waals surface area contributed by atoms with E-state index in [1.165, 1.54) is 24.1 Å². The number of methoxy groups -OCH3 is 1. The molecule has 1 aliphatic rings. The molecule has 6 nitrogen and oxygen atoms in total. The lowest BCUT2D eigenvalue weighted by atomic mass is 9.93. The van der Waals surface area contributed by atoms with Crippen LogP contribution >= 0.6 is 0 Å². The Kier molecular flexibility index (Phi) is 6.39. The highest BCUT2D eigenvalue weighted by Crippen LogP contribution is 2.43. The molecule has 1 unspecified atom stereocenters. The minimum atomic E-state index is -0.832. The first kappa shape index (κ1) is 24.1. The maximum absolute atomic E-state index is 13.4. The second-order valence-corrected chi connectivity index (χ2v) is 9.11. The van der Waals surface area contributed by atoms with Gasteiger partial charge in [0, 0.05) is 6.54 Å². The number of phenols is 1. The van der Waals surface area contributed by atoms with Crippen LogP contribution < -0.4 is 4.74 Å². The number of amides is 1. The van der Waals surface area contributed by atoms with E-state index in [0.717, 1.165) is 27.8 Å². The molecule has 0 aromatic heterocycles. The lowest BCUT2D eigenvalue weighted by Gasteiger charge is -2.26. The smallest absolute Gasteiger partial charge is 0.295 e. The molecule has 180 valence electrons. The lowest BCUT2D eigenvalue weighted by Crippen LogP contribution is -2.29. The van der Waals surface area contributed by atoms with E-state index in [4.69, 9.17) is 4.74 Å². The third-order valence-corrected chi connectivity index (χ3v) is 6.47. The maximum atomic E-state index is 13.4. The minimum absolute atomic E-state index is 0.00528. The zero-order valence-electron chi connectivity index (χ0n) is 20.5. The van der Waals surface area contributed by atoms with Crippen molar-refractivity contribution in [2.45, 2.75) is 40.3 Å². The first-order valence-corrected chi connectivity index (χ1v) is 11.4. The molecule has 1 heterocycles. The number of aliphatic hydroxyl groups excluding tert-OH is 1. The van der Waals surface area contributed by atoms with E-state index in [2.05, 4.69) is 0 Å². The largest absolute Gasteiger partial charge is 0.508 e. The van der Waals surface area contributed by atoms with E-state index >= 15 is 0 Å². The van der Waals surface area contributed by atoms with Gasteiger partial charge in [0.25, 0.3) is 11.7 Å². The molecule has 4 rings (SSSR count). The Labute approximate surface area is 205 Å². The molecule has 1 amide bonds. The zero-order chi connectivity index (χ0) is 25.4. The van der Waals surface area contributed by atoms with E-state index in [1.807, 2.05) is 52.0 Å². The van der Waals surface area contributed by atoms with Crippen LogP contribution in [0, 0.1) is 27.7 Å². The van der Waals surface area contributed by atoms with Crippen molar-refractivity contribution < 1.29 is 24.5 Å². The van der Waals surface area contributed by atoms with Crippen molar-refractivity contribution >= 4 is 17.4 Å². The molecule has 6 heteroatoms. The molecular weight excluding hydrogens is 442 g/mol. The van der Waals surface area contributed by atoms with Crippen molar-refractivity contribution in [2.24, 2.45) is 0 Å². The van der Waals surface area contributed by atoms with Gasteiger partial charge >= 0.3 is 0 Å². The molecule has 1 fully saturated rings. The number of ketones is 1. The standard InChI is InChI=1S/C29H29NO5/c1-16-6-7-18(3)21(13-16)15-30-25(20-8-10-22(31)11-9-20)24(27(33)29(30)34)26(32)23-14-17(2)12-19(4)28(23)35-5/h6-14,25,31-32H,15H2,1-5H3/b26-24+. The molecule has 35 heavy (non-hydrogen) atoms. The Bertz CT molecular complexity index is 1350. The SMILES string of the molecule is COc1c(C)cc(C)cc1/C(O)=C1\C(=O)C(=O)N(Cc2cc(C)ccc2C)C1c1ccc(O)cc1. The highest BCUT2D eigenvalue weighted by Gasteiger charge is 2.46. The first-order valence-electron chi connectivity index (χ1n) is 11.4. The number of carbonyl (C=O) groups is 2. The normalized spacial score (nSPS) is 17.2. The van der Waals surface area contributed by atoms with Crippen LogP contribution in [0.1, 0.15) is 45.0 Å². The number of likely N-dealkylation sites (tertiary alicyclic amines) is 1. The monoisotopic (exact) mass is 471 g/mol. The third kappa shape index (κ3) is 4.39. The van der Waals surface area contributed by atoms with Crippen LogP contribution in [0.15, 0.2) is 60.2 Å². The summed E-state index contributed by atoms with van der Waals surface area (Å²) in [4.78, 5) is 28.2. The van der Waals surface area contributed by atoms with Crippen molar-refractivity contribution in [3.63, 3.8) is 0 Å². The summed E-state index contributed by atoms with van der Waals surface area (Å²) in [6, 6.07) is 15.1. The molecule has 2 N–H and O–H groups in total. The number of hydrogen-bond acceptors (Lipinski definition) is 5. The third-order valence-electron chi connectivity index (χ3n) is 6.47. The van der Waals surface area contributed by atoms with Crippen molar-refractivity contribution in [3.05, 3.63) is 99.1 Å². The number of nitrogens with zero attached hydrogens (tertiary/aromatic N) is 1. The second-order valence-electron chi connectivity index (χ2n) is 9.11. The number of Topliss-reactive ketones (excluding diaryl/α,β-unsaturated/α-hetero) is 1. The van der Waals surface area contributed by atoms with Gasteiger partial charge in [0.15, 0.2) is 0 Å². The number of rotatable bonds is 5. The molecule has 0 bridgehead atoms. The Balaban J connectivity index is 1.94. The summed E-state index contributed by atoms with van der Waals surface area (Å²) in [6.07, 6.45) is 0. The van der Waals surface area contributed by atoms with E-state index in [0.29, 0.717) is 16.9 Å². The summed E-state index contributed by atoms with van der Waals surface area (Å²) < 4.78 is 5.54. The minimum Gasteiger partial charge on any atom is -0.508 e. The molecule has 0 saturated carbocycles. The van der Waals surface area contributed by atoms with E-state index < -0.39 is 17.7 Å². The highest BCUT2D eigenvalue weighted by molar-refractivity contribution is 6.46. The van der Waals surface area contributed by atoms with Crippen LogP contribution in [0.25, 0.3) is 5.76 Å². The Hall–Kier alpha value is -4.06. The van der Waals surface area contributed by atoms with Gasteiger partial charge in [0.05, 0.1) is 24.3 Å².